The average molecular weight is 364 g/mol. The molecule has 2 heterocycles. The first-order chi connectivity index (χ1) is 8.10. The molecule has 2 aromatic rings. The van der Waals surface area contributed by atoms with Crippen molar-refractivity contribution in [1.29, 1.82) is 0 Å². The lowest BCUT2D eigenvalue weighted by molar-refractivity contribution is 0.468. The van der Waals surface area contributed by atoms with Crippen molar-refractivity contribution in [2.45, 2.75) is 32.7 Å². The zero-order valence-corrected chi connectivity index (χ0v) is 12.7. The highest BCUT2D eigenvalue weighted by atomic mass is 79.9. The molecule has 7 heteroatoms. The van der Waals surface area contributed by atoms with Gasteiger partial charge in [-0.2, -0.15) is 0 Å². The molecular formula is C10H12Br2N4O. The van der Waals surface area contributed by atoms with Crippen molar-refractivity contribution < 1.29 is 0 Å². The molecule has 2 rings (SSSR count). The van der Waals surface area contributed by atoms with Crippen molar-refractivity contribution in [2.75, 3.05) is 0 Å². The third kappa shape index (κ3) is 2.06. The topological polar surface area (TPSA) is 52.7 Å². The fraction of sp³-hybridized carbons (Fsp3) is 0.500. The molecule has 0 unspecified atom stereocenters. The van der Waals surface area contributed by atoms with Crippen LogP contribution in [0, 0.1) is 0 Å². The van der Waals surface area contributed by atoms with Crippen LogP contribution in [-0.4, -0.2) is 18.1 Å². The van der Waals surface area contributed by atoms with Gasteiger partial charge in [-0.3, -0.25) is 4.57 Å². The van der Waals surface area contributed by atoms with Crippen LogP contribution in [-0.2, 0) is 0 Å². The molecule has 92 valence electrons. The summed E-state index contributed by atoms with van der Waals surface area (Å²) in [6, 6.07) is 0.146. The smallest absolute Gasteiger partial charge is 0.271 e. The van der Waals surface area contributed by atoms with Crippen LogP contribution >= 0.6 is 32.1 Å². The zero-order chi connectivity index (χ0) is 12.6. The maximum atomic E-state index is 12.1. The van der Waals surface area contributed by atoms with Gasteiger partial charge in [-0.15, -0.1) is 0 Å². The Labute approximate surface area is 115 Å². The van der Waals surface area contributed by atoms with Crippen molar-refractivity contribution in [3.05, 3.63) is 21.3 Å². The third-order valence-electron chi connectivity index (χ3n) is 2.80. The van der Waals surface area contributed by atoms with Gasteiger partial charge in [0.05, 0.1) is 22.3 Å². The van der Waals surface area contributed by atoms with Gasteiger partial charge < -0.3 is 0 Å². The Morgan fingerprint density at radius 2 is 2.00 bits per heavy atom. The Hall–Kier alpha value is -0.690. The van der Waals surface area contributed by atoms with Crippen molar-refractivity contribution >= 4 is 43.4 Å². The maximum Gasteiger partial charge on any atom is 0.342 e. The minimum Gasteiger partial charge on any atom is -0.271 e. The van der Waals surface area contributed by atoms with Gasteiger partial charge in [-0.05, 0) is 28.8 Å². The van der Waals surface area contributed by atoms with E-state index in [2.05, 4.69) is 55.9 Å². The summed E-state index contributed by atoms with van der Waals surface area (Å²) in [5.41, 5.74) is 1.02. The van der Waals surface area contributed by atoms with Crippen molar-refractivity contribution in [2.24, 2.45) is 0 Å². The highest BCUT2D eigenvalue weighted by molar-refractivity contribution is 9.10. The summed E-state index contributed by atoms with van der Waals surface area (Å²) < 4.78 is 3.69. The van der Waals surface area contributed by atoms with Gasteiger partial charge in [-0.25, -0.2) is 18.4 Å². The number of aromatic nitrogens is 4. The van der Waals surface area contributed by atoms with E-state index in [0.29, 0.717) is 15.9 Å². The zero-order valence-electron chi connectivity index (χ0n) is 9.52. The number of hydrogen-bond donors (Lipinski definition) is 0. The molecule has 17 heavy (non-hydrogen) atoms. The molecule has 0 aliphatic rings. The molecule has 0 atom stereocenters. The number of fused-ring (bicyclic) bond motifs is 1. The van der Waals surface area contributed by atoms with Crippen LogP contribution in [0.1, 0.15) is 32.7 Å². The summed E-state index contributed by atoms with van der Waals surface area (Å²) >= 11 is 6.50. The highest BCUT2D eigenvalue weighted by Gasteiger charge is 2.19. The fourth-order valence-corrected chi connectivity index (χ4v) is 2.60. The molecular weight excluding hydrogens is 352 g/mol. The summed E-state index contributed by atoms with van der Waals surface area (Å²) in [5, 5.41) is 0. The first-order valence-corrected chi connectivity index (χ1v) is 6.92. The Kier molecular flexibility index (Phi) is 3.67. The maximum absolute atomic E-state index is 12.1. The number of halogens is 2. The van der Waals surface area contributed by atoms with E-state index in [1.807, 2.05) is 0 Å². The summed E-state index contributed by atoms with van der Waals surface area (Å²) in [6.45, 7) is 4.12. The molecule has 0 N–H and O–H groups in total. The second-order valence-electron chi connectivity index (χ2n) is 3.74. The van der Waals surface area contributed by atoms with Crippen LogP contribution in [0.5, 0.6) is 0 Å². The monoisotopic (exact) mass is 362 g/mol. The Morgan fingerprint density at radius 1 is 1.35 bits per heavy atom. The van der Waals surface area contributed by atoms with Crippen LogP contribution in [0.15, 0.2) is 15.6 Å². The largest absolute Gasteiger partial charge is 0.342 e. The molecule has 0 amide bonds. The van der Waals surface area contributed by atoms with E-state index in [-0.39, 0.29) is 11.7 Å². The molecule has 0 aliphatic heterocycles. The van der Waals surface area contributed by atoms with E-state index in [1.165, 1.54) is 3.59 Å². The number of hydrogen-bond acceptors (Lipinski definition) is 3. The van der Waals surface area contributed by atoms with E-state index in [9.17, 15) is 4.79 Å². The number of imidazole rings is 1. The van der Waals surface area contributed by atoms with Gasteiger partial charge in [-0.1, -0.05) is 13.8 Å². The highest BCUT2D eigenvalue weighted by Crippen LogP contribution is 2.21. The Morgan fingerprint density at radius 3 is 2.59 bits per heavy atom. The second-order valence-corrected chi connectivity index (χ2v) is 5.27. The lowest BCUT2D eigenvalue weighted by atomic mass is 10.2. The Balaban J connectivity index is 2.81. The molecule has 0 saturated heterocycles. The molecule has 0 aromatic carbocycles. The standard InChI is InChI=1S/C10H12Br2N4O/c1-3-6(4-2)15-9-8(16(12)10(15)17)13-5-7(11)14-9/h5-6H,3-4H2,1-2H3. The van der Waals surface area contributed by atoms with Gasteiger partial charge in [0.25, 0.3) is 0 Å². The van der Waals surface area contributed by atoms with Gasteiger partial charge in [0.15, 0.2) is 11.3 Å². The fourth-order valence-electron chi connectivity index (χ4n) is 1.91. The molecule has 0 spiro atoms. The summed E-state index contributed by atoms with van der Waals surface area (Å²) in [6.07, 6.45) is 3.35. The van der Waals surface area contributed by atoms with E-state index < -0.39 is 0 Å². The molecule has 0 saturated carbocycles. The minimum absolute atomic E-state index is 0.133. The Bertz CT molecular complexity index is 600. The lowest BCUT2D eigenvalue weighted by Crippen LogP contribution is -2.24. The first kappa shape index (κ1) is 12.8. The summed E-state index contributed by atoms with van der Waals surface area (Å²) in [4.78, 5) is 20.7. The van der Waals surface area contributed by atoms with Crippen molar-refractivity contribution in [3.63, 3.8) is 0 Å². The molecule has 2 aromatic heterocycles. The molecule has 5 nitrogen and oxygen atoms in total. The second kappa shape index (κ2) is 4.89. The molecule has 0 bridgehead atoms. The normalized spacial score (nSPS) is 11.6. The summed E-state index contributed by atoms with van der Waals surface area (Å²) in [7, 11) is 0. The van der Waals surface area contributed by atoms with Gasteiger partial charge in [0, 0.05) is 6.04 Å². The predicted molar refractivity (Wildman–Crippen MR) is 73.4 cm³/mol. The van der Waals surface area contributed by atoms with E-state index in [1.54, 1.807) is 10.8 Å². The van der Waals surface area contributed by atoms with Crippen LogP contribution in [0.2, 0.25) is 0 Å². The quantitative estimate of drug-likeness (QED) is 0.842. The van der Waals surface area contributed by atoms with Crippen LogP contribution in [0.25, 0.3) is 11.3 Å². The molecule has 0 radical (unpaired) electrons. The van der Waals surface area contributed by atoms with E-state index in [4.69, 9.17) is 0 Å². The average Bonchev–Trinajstić information content (AvgIpc) is 2.56. The van der Waals surface area contributed by atoms with E-state index >= 15 is 0 Å². The van der Waals surface area contributed by atoms with Crippen molar-refractivity contribution in [1.82, 2.24) is 18.1 Å². The van der Waals surface area contributed by atoms with Crippen LogP contribution in [0.3, 0.4) is 0 Å². The van der Waals surface area contributed by atoms with E-state index in [0.717, 1.165) is 12.8 Å². The number of nitrogens with zero attached hydrogens (tertiary/aromatic N) is 4. The van der Waals surface area contributed by atoms with Gasteiger partial charge >= 0.3 is 5.69 Å². The van der Waals surface area contributed by atoms with Crippen LogP contribution in [0.4, 0.5) is 0 Å². The SMILES string of the molecule is CCC(CC)n1c(=O)n(Br)c2ncc(Br)nc21. The minimum atomic E-state index is -0.133. The van der Waals surface area contributed by atoms with Crippen LogP contribution < -0.4 is 5.69 Å². The molecule has 0 fully saturated rings. The predicted octanol–water partition coefficient (Wildman–Crippen LogP) is 2.87. The third-order valence-corrected chi connectivity index (χ3v) is 3.82. The number of rotatable bonds is 3. The summed E-state index contributed by atoms with van der Waals surface area (Å²) in [5.74, 6) is 0. The van der Waals surface area contributed by atoms with Gasteiger partial charge in [0.1, 0.15) is 4.60 Å². The van der Waals surface area contributed by atoms with Gasteiger partial charge in [0.2, 0.25) is 0 Å². The molecule has 0 aliphatic carbocycles. The lowest BCUT2D eigenvalue weighted by Gasteiger charge is -2.13. The first-order valence-electron chi connectivity index (χ1n) is 5.41. The van der Waals surface area contributed by atoms with Crippen molar-refractivity contribution in [3.8, 4) is 0 Å².